The van der Waals surface area contributed by atoms with Gasteiger partial charge in [-0.1, -0.05) is 0 Å². The van der Waals surface area contributed by atoms with E-state index in [9.17, 15) is 4.79 Å². The van der Waals surface area contributed by atoms with E-state index in [-0.39, 0.29) is 6.09 Å². The van der Waals surface area contributed by atoms with Crippen LogP contribution in [-0.2, 0) is 4.74 Å². The Morgan fingerprint density at radius 2 is 2.46 bits per heavy atom. The molecule has 2 unspecified atom stereocenters. The highest BCUT2D eigenvalue weighted by Gasteiger charge is 2.31. The van der Waals surface area contributed by atoms with Crippen molar-refractivity contribution < 1.29 is 9.53 Å². The van der Waals surface area contributed by atoms with E-state index in [1.165, 1.54) is 0 Å². The lowest BCUT2D eigenvalue weighted by Crippen LogP contribution is -2.47. The zero-order valence-corrected chi connectivity index (χ0v) is 7.95. The predicted molar refractivity (Wildman–Crippen MR) is 48.5 cm³/mol. The number of nitrogens with zero attached hydrogens (tertiary/aromatic N) is 1. The molecule has 0 aromatic rings. The molecule has 1 amide bonds. The second-order valence-corrected chi connectivity index (χ2v) is 3.84. The molecular weight excluding hydrogens is 168 g/mol. The number of amides is 1. The normalized spacial score (nSPS) is 34.8. The van der Waals surface area contributed by atoms with Gasteiger partial charge < -0.3 is 15.0 Å². The minimum absolute atomic E-state index is 0.126. The van der Waals surface area contributed by atoms with Crippen LogP contribution >= 0.6 is 0 Å². The van der Waals surface area contributed by atoms with Gasteiger partial charge in [0.15, 0.2) is 0 Å². The molecule has 0 radical (unpaired) electrons. The van der Waals surface area contributed by atoms with Gasteiger partial charge in [0.1, 0.15) is 6.61 Å². The van der Waals surface area contributed by atoms with Crippen molar-refractivity contribution in [3.63, 3.8) is 0 Å². The van der Waals surface area contributed by atoms with Crippen LogP contribution in [0.2, 0.25) is 0 Å². The Labute approximate surface area is 78.2 Å². The number of piperidine rings is 1. The molecule has 0 aromatic carbocycles. The maximum atomic E-state index is 11.3. The van der Waals surface area contributed by atoms with E-state index in [1.807, 2.05) is 4.90 Å². The van der Waals surface area contributed by atoms with Gasteiger partial charge >= 0.3 is 6.09 Å². The minimum Gasteiger partial charge on any atom is -0.448 e. The number of rotatable bonds is 1. The zero-order chi connectivity index (χ0) is 9.26. The maximum absolute atomic E-state index is 11.3. The zero-order valence-electron chi connectivity index (χ0n) is 7.95. The van der Waals surface area contributed by atoms with Crippen molar-refractivity contribution >= 4 is 6.09 Å². The van der Waals surface area contributed by atoms with Crippen LogP contribution < -0.4 is 5.32 Å². The van der Waals surface area contributed by atoms with E-state index in [4.69, 9.17) is 4.74 Å². The lowest BCUT2D eigenvalue weighted by atomic mass is 9.99. The first-order valence-corrected chi connectivity index (χ1v) is 4.94. The Hall–Kier alpha value is -0.770. The number of carbonyl (C=O) groups is 1. The third kappa shape index (κ3) is 1.77. The summed E-state index contributed by atoms with van der Waals surface area (Å²) in [5.74, 6) is 0. The molecular formula is C9H16N2O2. The molecule has 2 heterocycles. The van der Waals surface area contributed by atoms with Gasteiger partial charge in [-0.25, -0.2) is 4.79 Å². The summed E-state index contributed by atoms with van der Waals surface area (Å²) in [4.78, 5) is 13.1. The van der Waals surface area contributed by atoms with Gasteiger partial charge in [-0.3, -0.25) is 0 Å². The number of hydrogen-bond acceptors (Lipinski definition) is 3. The van der Waals surface area contributed by atoms with Crippen LogP contribution in [0.25, 0.3) is 0 Å². The highest BCUT2D eigenvalue weighted by Crippen LogP contribution is 2.18. The number of ether oxygens (including phenoxy) is 1. The first-order valence-electron chi connectivity index (χ1n) is 4.94. The van der Waals surface area contributed by atoms with E-state index in [2.05, 4.69) is 12.2 Å². The first kappa shape index (κ1) is 8.81. The Kier molecular flexibility index (Phi) is 2.40. The molecule has 2 atom stereocenters. The summed E-state index contributed by atoms with van der Waals surface area (Å²) in [5.41, 5.74) is 0. The lowest BCUT2D eigenvalue weighted by molar-refractivity contribution is 0.136. The fraction of sp³-hybridized carbons (Fsp3) is 0.889. The van der Waals surface area contributed by atoms with Crippen LogP contribution in [0.4, 0.5) is 4.79 Å². The second kappa shape index (κ2) is 3.54. The Morgan fingerprint density at radius 3 is 3.08 bits per heavy atom. The second-order valence-electron chi connectivity index (χ2n) is 3.84. The topological polar surface area (TPSA) is 41.6 Å². The summed E-state index contributed by atoms with van der Waals surface area (Å²) in [6.07, 6.45) is 1.98. The quantitative estimate of drug-likeness (QED) is 0.648. The molecule has 0 saturated carbocycles. The molecule has 1 N–H and O–H groups in total. The van der Waals surface area contributed by atoms with Crippen molar-refractivity contribution in [1.82, 2.24) is 10.2 Å². The standard InChI is InChI=1S/C9H16N2O2/c1-7-6-8(2-3-10-7)11-4-5-13-9(11)12/h7-8,10H,2-6H2,1H3. The van der Waals surface area contributed by atoms with Gasteiger partial charge in [-0.2, -0.15) is 0 Å². The summed E-state index contributed by atoms with van der Waals surface area (Å²) in [6.45, 7) is 4.51. The molecule has 4 heteroatoms. The largest absolute Gasteiger partial charge is 0.448 e. The van der Waals surface area contributed by atoms with Gasteiger partial charge in [-0.15, -0.1) is 0 Å². The fourth-order valence-corrected chi connectivity index (χ4v) is 2.13. The Bertz CT molecular complexity index is 208. The number of nitrogens with one attached hydrogen (secondary N) is 1. The summed E-state index contributed by atoms with van der Waals surface area (Å²) in [6, 6.07) is 0.915. The number of cyclic esters (lactones) is 1. The van der Waals surface area contributed by atoms with E-state index in [0.29, 0.717) is 18.7 Å². The molecule has 0 aliphatic carbocycles. The van der Waals surface area contributed by atoms with E-state index >= 15 is 0 Å². The monoisotopic (exact) mass is 184 g/mol. The molecule has 2 aliphatic heterocycles. The van der Waals surface area contributed by atoms with Crippen molar-refractivity contribution in [2.45, 2.75) is 31.8 Å². The van der Waals surface area contributed by atoms with Crippen molar-refractivity contribution in [2.24, 2.45) is 0 Å². The van der Waals surface area contributed by atoms with E-state index < -0.39 is 0 Å². The van der Waals surface area contributed by atoms with Crippen molar-refractivity contribution in [3.05, 3.63) is 0 Å². The van der Waals surface area contributed by atoms with Crippen LogP contribution in [0, 0.1) is 0 Å². The summed E-state index contributed by atoms with van der Waals surface area (Å²) in [7, 11) is 0. The molecule has 2 saturated heterocycles. The van der Waals surface area contributed by atoms with Crippen molar-refractivity contribution in [2.75, 3.05) is 19.7 Å². The van der Waals surface area contributed by atoms with Crippen LogP contribution in [-0.4, -0.2) is 42.8 Å². The smallest absolute Gasteiger partial charge is 0.410 e. The average molecular weight is 184 g/mol. The predicted octanol–water partition coefficient (Wildman–Crippen LogP) is 0.579. The fourth-order valence-electron chi connectivity index (χ4n) is 2.13. The van der Waals surface area contributed by atoms with Crippen molar-refractivity contribution in [1.29, 1.82) is 0 Å². The van der Waals surface area contributed by atoms with Crippen LogP contribution in [0.15, 0.2) is 0 Å². The molecule has 74 valence electrons. The number of hydrogen-bond donors (Lipinski definition) is 1. The molecule has 4 nitrogen and oxygen atoms in total. The summed E-state index contributed by atoms with van der Waals surface area (Å²) in [5, 5.41) is 3.37. The molecule has 0 spiro atoms. The lowest BCUT2D eigenvalue weighted by Gasteiger charge is -2.33. The van der Waals surface area contributed by atoms with Crippen molar-refractivity contribution in [3.8, 4) is 0 Å². The molecule has 0 aromatic heterocycles. The third-order valence-corrected chi connectivity index (χ3v) is 2.83. The Morgan fingerprint density at radius 1 is 1.62 bits per heavy atom. The maximum Gasteiger partial charge on any atom is 0.410 e. The van der Waals surface area contributed by atoms with Crippen LogP contribution in [0.1, 0.15) is 19.8 Å². The van der Waals surface area contributed by atoms with Gasteiger partial charge in [-0.05, 0) is 26.3 Å². The molecule has 2 rings (SSSR count). The van der Waals surface area contributed by atoms with Crippen LogP contribution in [0.3, 0.4) is 0 Å². The minimum atomic E-state index is -0.126. The van der Waals surface area contributed by atoms with Gasteiger partial charge in [0, 0.05) is 12.1 Å². The third-order valence-electron chi connectivity index (χ3n) is 2.83. The van der Waals surface area contributed by atoms with Gasteiger partial charge in [0.2, 0.25) is 0 Å². The molecule has 13 heavy (non-hydrogen) atoms. The Balaban J connectivity index is 1.95. The highest BCUT2D eigenvalue weighted by atomic mass is 16.6. The summed E-state index contributed by atoms with van der Waals surface area (Å²) >= 11 is 0. The highest BCUT2D eigenvalue weighted by molar-refractivity contribution is 5.69. The van der Waals surface area contributed by atoms with Gasteiger partial charge in [0.05, 0.1) is 6.54 Å². The summed E-state index contributed by atoms with van der Waals surface area (Å²) < 4.78 is 4.92. The van der Waals surface area contributed by atoms with Gasteiger partial charge in [0.25, 0.3) is 0 Å². The SMILES string of the molecule is CC1CC(N2CCOC2=O)CCN1. The first-order chi connectivity index (χ1) is 6.27. The average Bonchev–Trinajstić information content (AvgIpc) is 2.51. The van der Waals surface area contributed by atoms with Crippen LogP contribution in [0.5, 0.6) is 0 Å². The molecule has 2 aliphatic rings. The number of carbonyl (C=O) groups excluding carboxylic acids is 1. The molecule has 2 fully saturated rings. The van der Waals surface area contributed by atoms with E-state index in [0.717, 1.165) is 25.9 Å². The molecule has 0 bridgehead atoms. The van der Waals surface area contributed by atoms with E-state index in [1.54, 1.807) is 0 Å².